The number of aliphatic hydroxyl groups is 1. The van der Waals surface area contributed by atoms with Crippen LogP contribution in [-0.2, 0) is 13.8 Å². The van der Waals surface area contributed by atoms with Gasteiger partial charge in [-0.1, -0.05) is 0 Å². The Labute approximate surface area is 126 Å². The number of ether oxygens (including phenoxy) is 1. The van der Waals surface area contributed by atoms with Gasteiger partial charge in [0.25, 0.3) is 0 Å². The third-order valence-electron chi connectivity index (χ3n) is 3.07. The van der Waals surface area contributed by atoms with Crippen LogP contribution in [0.3, 0.4) is 0 Å². The zero-order chi connectivity index (χ0) is 17.4. The lowest BCUT2D eigenvalue weighted by Crippen LogP contribution is -2.33. The van der Waals surface area contributed by atoms with E-state index in [0.29, 0.717) is 10.8 Å². The molecule has 1 aromatic rings. The van der Waals surface area contributed by atoms with Crippen molar-refractivity contribution < 1.29 is 33.6 Å². The number of aliphatic hydroxyl groups excluding tert-OH is 1. The summed E-state index contributed by atoms with van der Waals surface area (Å²) in [6, 6.07) is 0. The van der Waals surface area contributed by atoms with Crippen molar-refractivity contribution in [1.29, 1.82) is 0 Å². The molecule has 3 atom stereocenters. The van der Waals surface area contributed by atoms with Crippen molar-refractivity contribution in [3.05, 3.63) is 37.1 Å². The number of rotatable bonds is 5. The van der Waals surface area contributed by atoms with Crippen molar-refractivity contribution >= 4 is 13.5 Å². The highest BCUT2D eigenvalue weighted by molar-refractivity contribution is 7.46. The van der Waals surface area contributed by atoms with Crippen molar-refractivity contribution in [2.24, 2.45) is 0 Å². The molecule has 1 saturated heterocycles. The average molecular weight is 353 g/mol. The number of nitrogens with one attached hydrogen (secondary N) is 1. The van der Waals surface area contributed by atoms with Crippen LogP contribution in [0.25, 0.3) is 0 Å². The van der Waals surface area contributed by atoms with Gasteiger partial charge in [0.15, 0.2) is 0 Å². The smallest absolute Gasteiger partial charge is 0.390 e. The molecule has 0 amide bonds. The molecule has 0 aliphatic carbocycles. The van der Waals surface area contributed by atoms with Crippen molar-refractivity contribution in [3.63, 3.8) is 0 Å². The van der Waals surface area contributed by atoms with Crippen LogP contribution in [0.1, 0.15) is 12.6 Å². The monoisotopic (exact) mass is 353 g/mol. The van der Waals surface area contributed by atoms with Gasteiger partial charge in [0.1, 0.15) is 12.3 Å². The second-order valence-electron chi connectivity index (χ2n) is 4.66. The fraction of sp³-hybridized carbons (Fsp3) is 0.556. The number of hydrogen-bond acceptors (Lipinski definition) is 8. The van der Waals surface area contributed by atoms with Crippen molar-refractivity contribution in [2.75, 3.05) is 6.61 Å². The van der Waals surface area contributed by atoms with Gasteiger partial charge in [0.2, 0.25) is 0 Å². The van der Waals surface area contributed by atoms with Gasteiger partial charge in [-0.2, -0.15) is 0 Å². The highest BCUT2D eigenvalue weighted by atomic mass is 31.2. The highest BCUT2D eigenvalue weighted by Gasteiger charge is 2.37. The third-order valence-corrected chi connectivity index (χ3v) is 3.55. The normalized spacial score (nSPS) is 24.7. The number of aromatic nitrogens is 2. The van der Waals surface area contributed by atoms with Gasteiger partial charge in [-0.25, -0.2) is 9.36 Å². The molecule has 128 valence electrons. The maximum Gasteiger partial charge on any atom is 0.469 e. The number of nitro groups is 1. The number of aromatic amines is 1. The Bertz CT molecular complexity index is 766. The number of H-pyrrole nitrogens is 1. The molecule has 0 saturated carbocycles. The zero-order valence-corrected chi connectivity index (χ0v) is 12.2. The quantitative estimate of drug-likeness (QED) is 0.266. The highest BCUT2D eigenvalue weighted by Crippen LogP contribution is 2.38. The minimum absolute atomic E-state index is 0.196. The van der Waals surface area contributed by atoms with E-state index in [9.17, 15) is 29.4 Å². The van der Waals surface area contributed by atoms with E-state index in [1.54, 1.807) is 4.98 Å². The van der Waals surface area contributed by atoms with E-state index >= 15 is 0 Å². The van der Waals surface area contributed by atoms with Gasteiger partial charge >= 0.3 is 24.8 Å². The molecule has 4 N–H and O–H groups in total. The van der Waals surface area contributed by atoms with Crippen LogP contribution < -0.4 is 11.2 Å². The molecule has 2 heterocycles. The molecular formula is C9H12N3O10P. The molecule has 2 rings (SSSR count). The van der Waals surface area contributed by atoms with Crippen LogP contribution in [0.15, 0.2) is 15.8 Å². The first kappa shape index (κ1) is 17.5. The number of nitrogens with zero attached hydrogens (tertiary/aromatic N) is 2. The van der Waals surface area contributed by atoms with E-state index in [4.69, 9.17) is 14.5 Å². The van der Waals surface area contributed by atoms with Crippen molar-refractivity contribution in [3.8, 4) is 0 Å². The van der Waals surface area contributed by atoms with E-state index in [1.807, 2.05) is 0 Å². The Morgan fingerprint density at radius 3 is 2.74 bits per heavy atom. The Balaban J connectivity index is 2.22. The van der Waals surface area contributed by atoms with Crippen LogP contribution in [0.4, 0.5) is 5.69 Å². The second kappa shape index (κ2) is 6.31. The molecule has 1 fully saturated rings. The van der Waals surface area contributed by atoms with Crippen LogP contribution in [-0.4, -0.2) is 48.2 Å². The lowest BCUT2D eigenvalue weighted by Gasteiger charge is -2.16. The van der Waals surface area contributed by atoms with Crippen LogP contribution in [0.5, 0.6) is 0 Å². The predicted octanol–water partition coefficient (Wildman–Crippen LogP) is -1.80. The van der Waals surface area contributed by atoms with Gasteiger partial charge in [-0.05, 0) is 0 Å². The fourth-order valence-electron chi connectivity index (χ4n) is 2.03. The summed E-state index contributed by atoms with van der Waals surface area (Å²) in [4.78, 5) is 51.7. The van der Waals surface area contributed by atoms with Gasteiger partial charge in [-0.3, -0.25) is 29.0 Å². The molecular weight excluding hydrogens is 341 g/mol. The largest absolute Gasteiger partial charge is 0.469 e. The molecule has 1 aliphatic rings. The molecule has 1 aliphatic heterocycles. The van der Waals surface area contributed by atoms with Gasteiger partial charge in [-0.15, -0.1) is 0 Å². The average Bonchev–Trinajstić information content (AvgIpc) is 2.76. The first-order chi connectivity index (χ1) is 10.6. The lowest BCUT2D eigenvalue weighted by molar-refractivity contribution is -0.387. The van der Waals surface area contributed by atoms with Gasteiger partial charge < -0.3 is 19.6 Å². The summed E-state index contributed by atoms with van der Waals surface area (Å²) in [5.41, 5.74) is -3.07. The molecule has 0 bridgehead atoms. The Morgan fingerprint density at radius 1 is 1.52 bits per heavy atom. The van der Waals surface area contributed by atoms with Gasteiger partial charge in [0, 0.05) is 6.42 Å². The Morgan fingerprint density at radius 2 is 2.17 bits per heavy atom. The number of phosphoric acid groups is 1. The predicted molar refractivity (Wildman–Crippen MR) is 70.5 cm³/mol. The van der Waals surface area contributed by atoms with E-state index in [2.05, 4.69) is 4.52 Å². The number of hydrogen-bond donors (Lipinski definition) is 4. The maximum atomic E-state index is 11.7. The van der Waals surface area contributed by atoms with E-state index < -0.39 is 54.7 Å². The summed E-state index contributed by atoms with van der Waals surface area (Å²) >= 11 is 0. The molecule has 0 spiro atoms. The molecule has 0 aromatic carbocycles. The lowest BCUT2D eigenvalue weighted by atomic mass is 10.2. The summed E-state index contributed by atoms with van der Waals surface area (Å²) in [6.45, 7) is -0.651. The fourth-order valence-corrected chi connectivity index (χ4v) is 2.37. The van der Waals surface area contributed by atoms with Crippen LogP contribution >= 0.6 is 7.82 Å². The topological polar surface area (TPSA) is 194 Å². The SMILES string of the molecule is O=c1[nH]c(=O)n([C@H]2C[C@H](O)[C@@H](COP(=O)(O)O)O2)cc1[N+](=O)[O-]. The summed E-state index contributed by atoms with van der Waals surface area (Å²) < 4.78 is 20.7. The molecule has 23 heavy (non-hydrogen) atoms. The molecule has 0 radical (unpaired) electrons. The Hall–Kier alpha value is -1.89. The minimum atomic E-state index is -4.77. The standard InChI is InChI=1S/C9H12N3O10P/c13-5-1-7(22-6(5)3-21-23(18,19)20)11-2-4(12(16)17)8(14)10-9(11)15/h2,5-7,13H,1,3H2,(H,10,14,15)(H2,18,19,20)/t5-,6+,7+/m0/s1. The molecule has 0 unspecified atom stereocenters. The second-order valence-corrected chi connectivity index (χ2v) is 5.90. The van der Waals surface area contributed by atoms with Crippen molar-refractivity contribution in [2.45, 2.75) is 24.9 Å². The summed E-state index contributed by atoms with van der Waals surface area (Å²) in [5, 5.41) is 20.5. The maximum absolute atomic E-state index is 11.7. The third kappa shape index (κ3) is 4.10. The molecule has 14 heteroatoms. The van der Waals surface area contributed by atoms with E-state index in [-0.39, 0.29) is 6.42 Å². The van der Waals surface area contributed by atoms with E-state index in [1.165, 1.54) is 0 Å². The van der Waals surface area contributed by atoms with Crippen LogP contribution in [0.2, 0.25) is 0 Å². The molecule has 13 nitrogen and oxygen atoms in total. The minimum Gasteiger partial charge on any atom is -0.390 e. The zero-order valence-electron chi connectivity index (χ0n) is 11.3. The Kier molecular flexibility index (Phi) is 4.79. The first-order valence-electron chi connectivity index (χ1n) is 6.12. The summed E-state index contributed by atoms with van der Waals surface area (Å²) in [7, 11) is -4.77. The number of phosphoric ester groups is 1. The van der Waals surface area contributed by atoms with Crippen molar-refractivity contribution in [1.82, 2.24) is 9.55 Å². The van der Waals surface area contributed by atoms with E-state index in [0.717, 1.165) is 0 Å². The van der Waals surface area contributed by atoms with Gasteiger partial charge in [0.05, 0.1) is 23.8 Å². The first-order valence-corrected chi connectivity index (χ1v) is 7.65. The summed E-state index contributed by atoms with van der Waals surface area (Å²) in [6.07, 6.45) is -3.09. The summed E-state index contributed by atoms with van der Waals surface area (Å²) in [5.74, 6) is 0. The molecule has 1 aromatic heterocycles. The van der Waals surface area contributed by atoms with Crippen LogP contribution in [0, 0.1) is 10.1 Å².